The van der Waals surface area contributed by atoms with Crippen molar-refractivity contribution in [2.75, 3.05) is 6.61 Å². The first-order chi connectivity index (χ1) is 16.8. The SMILES string of the molecule is CC(C)OC(=O)[C@H](C)NP(=O)(OC[C@H]1O[C@@H](n2ccc(=O)[nH]c2=O)[C@](C)(Cl)[C@@H]1O)Sc1ccccc1. The van der Waals surface area contributed by atoms with Gasteiger partial charge in [0.2, 0.25) is 0 Å². The van der Waals surface area contributed by atoms with Gasteiger partial charge < -0.3 is 19.1 Å². The summed E-state index contributed by atoms with van der Waals surface area (Å²) in [5.41, 5.74) is -1.36. The Kier molecular flexibility index (Phi) is 9.26. The summed E-state index contributed by atoms with van der Waals surface area (Å²) in [6, 6.07) is 8.95. The molecule has 1 fully saturated rings. The highest BCUT2D eigenvalue weighted by atomic mass is 35.5. The number of aliphatic hydroxyl groups excluding tert-OH is 1. The van der Waals surface area contributed by atoms with Crippen molar-refractivity contribution < 1.29 is 28.5 Å². The van der Waals surface area contributed by atoms with Crippen molar-refractivity contribution in [1.82, 2.24) is 14.6 Å². The lowest BCUT2D eigenvalue weighted by Crippen LogP contribution is -2.43. The zero-order valence-electron chi connectivity index (χ0n) is 20.1. The largest absolute Gasteiger partial charge is 0.462 e. The van der Waals surface area contributed by atoms with Crippen molar-refractivity contribution in [3.8, 4) is 0 Å². The number of rotatable bonds is 10. The Morgan fingerprint density at radius 2 is 1.97 bits per heavy atom. The molecule has 3 N–H and O–H groups in total. The van der Waals surface area contributed by atoms with E-state index in [9.17, 15) is 24.1 Å². The molecule has 1 aliphatic heterocycles. The van der Waals surface area contributed by atoms with Crippen LogP contribution in [0.2, 0.25) is 0 Å². The highest BCUT2D eigenvalue weighted by Crippen LogP contribution is 2.60. The predicted octanol–water partition coefficient (Wildman–Crippen LogP) is 2.64. The molecule has 6 atom stereocenters. The molecule has 11 nitrogen and oxygen atoms in total. The van der Waals surface area contributed by atoms with Crippen LogP contribution in [0.15, 0.2) is 57.1 Å². The van der Waals surface area contributed by atoms with Crippen molar-refractivity contribution in [3.05, 3.63) is 63.4 Å². The fourth-order valence-electron chi connectivity index (χ4n) is 3.47. The summed E-state index contributed by atoms with van der Waals surface area (Å²) < 4.78 is 31.6. The van der Waals surface area contributed by atoms with Gasteiger partial charge in [0.15, 0.2) is 6.23 Å². The Hall–Kier alpha value is -1.92. The number of aromatic amines is 1. The molecule has 0 radical (unpaired) electrons. The maximum Gasteiger partial charge on any atom is 0.332 e. The number of H-pyrrole nitrogens is 1. The molecule has 1 saturated heterocycles. The zero-order chi connectivity index (χ0) is 26.7. The molecule has 36 heavy (non-hydrogen) atoms. The topological polar surface area (TPSA) is 149 Å². The number of aliphatic hydroxyl groups is 1. The zero-order valence-corrected chi connectivity index (χ0v) is 22.6. The van der Waals surface area contributed by atoms with Crippen LogP contribution in [-0.2, 0) is 23.4 Å². The number of esters is 1. The number of hydrogen-bond donors (Lipinski definition) is 3. The van der Waals surface area contributed by atoms with Gasteiger partial charge in [0.05, 0.1) is 12.7 Å². The highest BCUT2D eigenvalue weighted by molar-refractivity contribution is 8.56. The summed E-state index contributed by atoms with van der Waals surface area (Å²) in [6.07, 6.45) is -2.72. The van der Waals surface area contributed by atoms with Crippen LogP contribution in [0.4, 0.5) is 0 Å². The van der Waals surface area contributed by atoms with E-state index in [1.165, 1.54) is 20.0 Å². The van der Waals surface area contributed by atoms with Gasteiger partial charge in [0, 0.05) is 17.2 Å². The van der Waals surface area contributed by atoms with Gasteiger partial charge in [0.25, 0.3) is 5.56 Å². The van der Waals surface area contributed by atoms with Gasteiger partial charge >= 0.3 is 18.4 Å². The number of aromatic nitrogens is 2. The van der Waals surface area contributed by atoms with Crippen LogP contribution in [-0.4, -0.2) is 56.5 Å². The number of nitrogens with zero attached hydrogens (tertiary/aromatic N) is 1. The normalized spacial score (nSPS) is 26.5. The second-order valence-corrected chi connectivity index (χ2v) is 13.6. The quantitative estimate of drug-likeness (QED) is 0.224. The molecule has 3 rings (SSSR count). The van der Waals surface area contributed by atoms with Crippen molar-refractivity contribution in [3.63, 3.8) is 0 Å². The fourth-order valence-corrected chi connectivity index (χ4v) is 7.60. The average molecular weight is 562 g/mol. The van der Waals surface area contributed by atoms with E-state index < -0.39 is 53.3 Å². The van der Waals surface area contributed by atoms with E-state index in [4.69, 9.17) is 25.6 Å². The molecular formula is C22H29ClN3O8PS. The molecule has 1 unspecified atom stereocenters. The predicted molar refractivity (Wildman–Crippen MR) is 135 cm³/mol. The second-order valence-electron chi connectivity index (χ2n) is 8.67. The van der Waals surface area contributed by atoms with Gasteiger partial charge in [0.1, 0.15) is 23.1 Å². The minimum Gasteiger partial charge on any atom is -0.462 e. The van der Waals surface area contributed by atoms with Crippen LogP contribution in [0.25, 0.3) is 0 Å². The molecule has 2 aromatic rings. The first-order valence-electron chi connectivity index (χ1n) is 11.1. The smallest absolute Gasteiger partial charge is 0.332 e. The van der Waals surface area contributed by atoms with E-state index in [1.54, 1.807) is 44.2 Å². The van der Waals surface area contributed by atoms with Crippen LogP contribution in [0.5, 0.6) is 0 Å². The first kappa shape index (κ1) is 28.6. The Balaban J connectivity index is 1.80. The molecule has 198 valence electrons. The van der Waals surface area contributed by atoms with Gasteiger partial charge in [-0.25, -0.2) is 9.88 Å². The summed E-state index contributed by atoms with van der Waals surface area (Å²) in [5.74, 6) is -0.606. The number of benzene rings is 1. The number of hydrogen-bond acceptors (Lipinski definition) is 9. The van der Waals surface area contributed by atoms with Crippen molar-refractivity contribution in [2.45, 2.75) is 68.0 Å². The van der Waals surface area contributed by atoms with Crippen LogP contribution >= 0.6 is 29.7 Å². The van der Waals surface area contributed by atoms with Crippen molar-refractivity contribution in [2.24, 2.45) is 0 Å². The van der Waals surface area contributed by atoms with E-state index in [1.807, 2.05) is 0 Å². The lowest BCUT2D eigenvalue weighted by atomic mass is 10.0. The molecule has 1 aromatic heterocycles. The molecule has 0 aliphatic carbocycles. The third kappa shape index (κ3) is 6.89. The number of carbonyl (C=O) groups excluding carboxylic acids is 1. The summed E-state index contributed by atoms with van der Waals surface area (Å²) in [6.45, 7) is 2.19. The van der Waals surface area contributed by atoms with Gasteiger partial charge in [-0.15, -0.1) is 11.6 Å². The number of carbonyl (C=O) groups is 1. The summed E-state index contributed by atoms with van der Waals surface area (Å²) in [5, 5.41) is 13.6. The standard InChI is InChI=1S/C22H29ClN3O8PS/c1-13(2)33-19(29)14(3)25-35(31,36-15-8-6-5-7-9-15)32-12-16-18(28)22(4,23)20(34-16)26-11-10-17(27)24-21(26)30/h5-11,13-14,16,18,20,28H,12H2,1-4H3,(H,25,31)(H,24,27,30)/t14-,16+,18+,20+,22+,35?/m0/s1. The highest BCUT2D eigenvalue weighted by Gasteiger charge is 2.54. The molecule has 0 spiro atoms. The average Bonchev–Trinajstić information content (AvgIpc) is 3.01. The van der Waals surface area contributed by atoms with E-state index in [-0.39, 0.29) is 12.7 Å². The summed E-state index contributed by atoms with van der Waals surface area (Å²) in [4.78, 5) is 37.3. The minimum absolute atomic E-state index is 0.361. The Bertz CT molecular complexity index is 1220. The molecule has 0 saturated carbocycles. The van der Waals surface area contributed by atoms with Gasteiger partial charge in [-0.05, 0) is 51.2 Å². The number of ether oxygens (including phenoxy) is 2. The molecule has 2 heterocycles. The van der Waals surface area contributed by atoms with Crippen molar-refractivity contribution in [1.29, 1.82) is 0 Å². The monoisotopic (exact) mass is 561 g/mol. The molecular weight excluding hydrogens is 533 g/mol. The first-order valence-corrected chi connectivity index (χ1v) is 14.6. The molecule has 1 aliphatic rings. The van der Waals surface area contributed by atoms with Gasteiger partial charge in [-0.2, -0.15) is 0 Å². The van der Waals surface area contributed by atoms with Crippen LogP contribution in [0, 0.1) is 0 Å². The molecule has 0 amide bonds. The van der Waals surface area contributed by atoms with Crippen molar-refractivity contribution >= 4 is 35.7 Å². The third-order valence-corrected chi connectivity index (χ3v) is 9.57. The van der Waals surface area contributed by atoms with Crippen LogP contribution in [0.3, 0.4) is 0 Å². The Morgan fingerprint density at radius 3 is 2.58 bits per heavy atom. The van der Waals surface area contributed by atoms with E-state index in [0.29, 0.717) is 4.90 Å². The summed E-state index contributed by atoms with van der Waals surface area (Å²) in [7, 11) is 0. The molecule has 1 aromatic carbocycles. The van der Waals surface area contributed by atoms with Crippen LogP contribution < -0.4 is 16.3 Å². The molecule has 0 bridgehead atoms. The van der Waals surface area contributed by atoms with Crippen LogP contribution in [0.1, 0.15) is 33.9 Å². The second kappa shape index (κ2) is 11.6. The fraction of sp³-hybridized carbons (Fsp3) is 0.500. The van der Waals surface area contributed by atoms with E-state index >= 15 is 0 Å². The molecule has 14 heteroatoms. The van der Waals surface area contributed by atoms with E-state index in [0.717, 1.165) is 22.0 Å². The minimum atomic E-state index is -3.81. The Labute approximate surface area is 216 Å². The lowest BCUT2D eigenvalue weighted by Gasteiger charge is -2.26. The Morgan fingerprint density at radius 1 is 1.31 bits per heavy atom. The third-order valence-electron chi connectivity index (χ3n) is 5.26. The van der Waals surface area contributed by atoms with Gasteiger partial charge in [-0.3, -0.25) is 23.7 Å². The van der Waals surface area contributed by atoms with E-state index in [2.05, 4.69) is 10.1 Å². The summed E-state index contributed by atoms with van der Waals surface area (Å²) >= 11 is 7.44. The number of nitrogens with one attached hydrogen (secondary N) is 2. The number of alkyl halides is 1. The maximum atomic E-state index is 13.8. The lowest BCUT2D eigenvalue weighted by molar-refractivity contribution is -0.149. The maximum absolute atomic E-state index is 13.8. The van der Waals surface area contributed by atoms with Gasteiger partial charge in [-0.1, -0.05) is 18.2 Å². The number of halogens is 1.